The van der Waals surface area contributed by atoms with E-state index in [9.17, 15) is 9.90 Å². The Balaban J connectivity index is 1.50. The molecule has 1 aliphatic rings. The van der Waals surface area contributed by atoms with Crippen LogP contribution in [0.4, 0.5) is 10.5 Å². The average Bonchev–Trinajstić information content (AvgIpc) is 3.39. The van der Waals surface area contributed by atoms with Crippen LogP contribution in [0.2, 0.25) is 0 Å². The first-order valence-electron chi connectivity index (χ1n) is 10.1. The van der Waals surface area contributed by atoms with Gasteiger partial charge in [0.05, 0.1) is 4.88 Å². The Bertz CT molecular complexity index is 1000. The molecule has 2 heterocycles. The summed E-state index contributed by atoms with van der Waals surface area (Å²) in [7, 11) is 0. The number of hydrogen-bond donors (Lipinski definition) is 4. The number of amidine groups is 1. The van der Waals surface area contributed by atoms with Gasteiger partial charge in [-0.3, -0.25) is 5.41 Å². The molecule has 0 atom stereocenters. The van der Waals surface area contributed by atoms with E-state index < -0.39 is 6.09 Å². The number of H-pyrrole nitrogens is 1. The zero-order chi connectivity index (χ0) is 20.4. The minimum atomic E-state index is -0.813. The van der Waals surface area contributed by atoms with Gasteiger partial charge < -0.3 is 20.3 Å². The molecule has 4 rings (SSSR count). The summed E-state index contributed by atoms with van der Waals surface area (Å²) in [6.45, 7) is 2.45. The summed E-state index contributed by atoms with van der Waals surface area (Å²) in [4.78, 5) is 17.3. The standard InChI is InChI=1S/C22H26N4O2S/c1-2-26(22(27)28)16-8-5-14(6-9-16)18-13-24-19-10-7-15(12-17(18)19)25-21(23)20-4-3-11-29-20/h3-4,7,10-14,16,24H,2,5-6,8-9H2,1H3,(H2,23,25)(H,27,28). The first kappa shape index (κ1) is 19.5. The summed E-state index contributed by atoms with van der Waals surface area (Å²) in [6.07, 6.45) is 5.07. The van der Waals surface area contributed by atoms with E-state index in [4.69, 9.17) is 5.41 Å². The number of carboxylic acid groups (broad SMARTS) is 1. The smallest absolute Gasteiger partial charge is 0.407 e. The molecule has 1 aliphatic carbocycles. The van der Waals surface area contributed by atoms with Gasteiger partial charge in [0.25, 0.3) is 0 Å². The third-order valence-electron chi connectivity index (χ3n) is 5.91. The summed E-state index contributed by atoms with van der Waals surface area (Å²) in [6, 6.07) is 10.2. The molecule has 0 saturated heterocycles. The van der Waals surface area contributed by atoms with Crippen molar-refractivity contribution in [1.82, 2.24) is 9.88 Å². The number of carbonyl (C=O) groups is 1. The Morgan fingerprint density at radius 2 is 2.10 bits per heavy atom. The highest BCUT2D eigenvalue weighted by Gasteiger charge is 2.29. The van der Waals surface area contributed by atoms with Gasteiger partial charge in [-0.2, -0.15) is 0 Å². The highest BCUT2D eigenvalue weighted by molar-refractivity contribution is 7.12. The summed E-state index contributed by atoms with van der Waals surface area (Å²) in [5, 5.41) is 24.0. The fourth-order valence-electron chi connectivity index (χ4n) is 4.43. The van der Waals surface area contributed by atoms with Crippen molar-refractivity contribution < 1.29 is 9.90 Å². The Morgan fingerprint density at radius 1 is 1.31 bits per heavy atom. The predicted octanol–water partition coefficient (Wildman–Crippen LogP) is 5.69. The molecule has 1 saturated carbocycles. The minimum absolute atomic E-state index is 0.127. The molecule has 6 nitrogen and oxygen atoms in total. The van der Waals surface area contributed by atoms with Gasteiger partial charge in [-0.15, -0.1) is 11.3 Å². The number of aromatic amines is 1. The first-order valence-corrected chi connectivity index (χ1v) is 10.9. The highest BCUT2D eigenvalue weighted by atomic mass is 32.1. The number of rotatable bonds is 5. The monoisotopic (exact) mass is 410 g/mol. The maximum atomic E-state index is 11.4. The summed E-state index contributed by atoms with van der Waals surface area (Å²) in [5.41, 5.74) is 3.30. The van der Waals surface area contributed by atoms with Crippen LogP contribution in [-0.4, -0.2) is 39.5 Å². The first-order chi connectivity index (χ1) is 14.1. The molecule has 0 unspecified atom stereocenters. The molecule has 3 aromatic rings. The molecule has 0 spiro atoms. The second kappa shape index (κ2) is 8.29. The molecular formula is C22H26N4O2S. The second-order valence-corrected chi connectivity index (χ2v) is 8.50. The molecule has 0 radical (unpaired) electrons. The molecular weight excluding hydrogens is 384 g/mol. The molecule has 29 heavy (non-hydrogen) atoms. The SMILES string of the molecule is CCN(C(=O)O)C1CCC(c2c[nH]c3ccc(NC(=N)c4cccs4)cc23)CC1. The van der Waals surface area contributed by atoms with E-state index in [2.05, 4.69) is 28.6 Å². The minimum Gasteiger partial charge on any atom is -0.465 e. The zero-order valence-electron chi connectivity index (χ0n) is 16.4. The number of nitrogens with one attached hydrogen (secondary N) is 3. The van der Waals surface area contributed by atoms with E-state index in [1.807, 2.05) is 30.5 Å². The molecule has 0 aliphatic heterocycles. The molecule has 1 amide bonds. The van der Waals surface area contributed by atoms with Gasteiger partial charge in [0.2, 0.25) is 0 Å². The van der Waals surface area contributed by atoms with Crippen LogP contribution >= 0.6 is 11.3 Å². The lowest BCUT2D eigenvalue weighted by Crippen LogP contribution is -2.41. The lowest BCUT2D eigenvalue weighted by molar-refractivity contribution is 0.112. The van der Waals surface area contributed by atoms with Crippen molar-refractivity contribution in [2.45, 2.75) is 44.6 Å². The number of anilines is 1. The quantitative estimate of drug-likeness (QED) is 0.321. The van der Waals surface area contributed by atoms with Crippen molar-refractivity contribution in [1.29, 1.82) is 5.41 Å². The third kappa shape index (κ3) is 4.00. The molecule has 2 aromatic heterocycles. The molecule has 0 bridgehead atoms. The highest BCUT2D eigenvalue weighted by Crippen LogP contribution is 2.38. The Hall–Kier alpha value is -2.80. The summed E-state index contributed by atoms with van der Waals surface area (Å²) < 4.78 is 0. The van der Waals surface area contributed by atoms with Crippen molar-refractivity contribution in [3.63, 3.8) is 0 Å². The van der Waals surface area contributed by atoms with E-state index in [0.29, 0.717) is 18.3 Å². The maximum Gasteiger partial charge on any atom is 0.407 e. The predicted molar refractivity (Wildman–Crippen MR) is 118 cm³/mol. The number of amides is 1. The van der Waals surface area contributed by atoms with E-state index in [1.165, 1.54) is 10.9 Å². The number of aromatic nitrogens is 1. The van der Waals surface area contributed by atoms with Crippen molar-refractivity contribution >= 4 is 39.9 Å². The van der Waals surface area contributed by atoms with Crippen LogP contribution in [0, 0.1) is 5.41 Å². The third-order valence-corrected chi connectivity index (χ3v) is 6.80. The molecule has 7 heteroatoms. The van der Waals surface area contributed by atoms with Gasteiger partial charge in [0.1, 0.15) is 5.84 Å². The van der Waals surface area contributed by atoms with Crippen LogP contribution in [-0.2, 0) is 0 Å². The largest absolute Gasteiger partial charge is 0.465 e. The van der Waals surface area contributed by atoms with E-state index in [0.717, 1.165) is 41.8 Å². The van der Waals surface area contributed by atoms with Crippen LogP contribution in [0.5, 0.6) is 0 Å². The summed E-state index contributed by atoms with van der Waals surface area (Å²) in [5.74, 6) is 0.838. The Labute approximate surface area is 174 Å². The van der Waals surface area contributed by atoms with Crippen molar-refractivity contribution in [2.75, 3.05) is 11.9 Å². The van der Waals surface area contributed by atoms with E-state index in [-0.39, 0.29) is 6.04 Å². The van der Waals surface area contributed by atoms with Gasteiger partial charge in [0.15, 0.2) is 0 Å². The van der Waals surface area contributed by atoms with Crippen molar-refractivity contribution in [2.24, 2.45) is 0 Å². The van der Waals surface area contributed by atoms with Gasteiger partial charge in [0, 0.05) is 35.4 Å². The van der Waals surface area contributed by atoms with Crippen LogP contribution < -0.4 is 5.32 Å². The Kier molecular flexibility index (Phi) is 5.58. The molecule has 1 aromatic carbocycles. The van der Waals surface area contributed by atoms with Crippen LogP contribution in [0.25, 0.3) is 10.9 Å². The number of benzene rings is 1. The van der Waals surface area contributed by atoms with Crippen molar-refractivity contribution in [3.8, 4) is 0 Å². The Morgan fingerprint density at radius 3 is 2.76 bits per heavy atom. The van der Waals surface area contributed by atoms with Crippen LogP contribution in [0.15, 0.2) is 41.9 Å². The number of hydrogen-bond acceptors (Lipinski definition) is 3. The summed E-state index contributed by atoms with van der Waals surface area (Å²) >= 11 is 1.55. The normalized spacial score (nSPS) is 19.2. The van der Waals surface area contributed by atoms with Gasteiger partial charge in [-0.25, -0.2) is 4.79 Å². The van der Waals surface area contributed by atoms with E-state index >= 15 is 0 Å². The molecule has 1 fully saturated rings. The van der Waals surface area contributed by atoms with Crippen LogP contribution in [0.3, 0.4) is 0 Å². The topological polar surface area (TPSA) is 92.2 Å². The lowest BCUT2D eigenvalue weighted by atomic mass is 9.81. The average molecular weight is 411 g/mol. The van der Waals surface area contributed by atoms with Gasteiger partial charge in [-0.1, -0.05) is 6.07 Å². The fraction of sp³-hybridized carbons (Fsp3) is 0.364. The zero-order valence-corrected chi connectivity index (χ0v) is 17.3. The number of fused-ring (bicyclic) bond motifs is 1. The molecule has 4 N–H and O–H groups in total. The van der Waals surface area contributed by atoms with Crippen LogP contribution in [0.1, 0.15) is 49.0 Å². The number of thiophene rings is 1. The molecule has 152 valence electrons. The second-order valence-electron chi connectivity index (χ2n) is 7.56. The van der Waals surface area contributed by atoms with Gasteiger partial charge in [-0.05, 0) is 73.7 Å². The fourth-order valence-corrected chi connectivity index (χ4v) is 5.06. The number of nitrogens with zero attached hydrogens (tertiary/aromatic N) is 1. The van der Waals surface area contributed by atoms with Gasteiger partial charge >= 0.3 is 6.09 Å². The maximum absolute atomic E-state index is 11.4. The van der Waals surface area contributed by atoms with E-state index in [1.54, 1.807) is 16.2 Å². The van der Waals surface area contributed by atoms with Crippen molar-refractivity contribution in [3.05, 3.63) is 52.3 Å². The lowest BCUT2D eigenvalue weighted by Gasteiger charge is -2.34.